The summed E-state index contributed by atoms with van der Waals surface area (Å²) in [4.78, 5) is 29.6. The van der Waals surface area contributed by atoms with E-state index in [4.69, 9.17) is 0 Å². The van der Waals surface area contributed by atoms with E-state index >= 15 is 0 Å². The number of allylic oxidation sites excluding steroid dienone is 1. The second-order valence-corrected chi connectivity index (χ2v) is 13.3. The highest BCUT2D eigenvalue weighted by molar-refractivity contribution is 7.15. The van der Waals surface area contributed by atoms with Gasteiger partial charge in [0.05, 0.1) is 15.7 Å². The highest BCUT2D eigenvalue weighted by Crippen LogP contribution is 2.45. The topological polar surface area (TPSA) is 34.1 Å². The number of thiophene rings is 2. The number of benzene rings is 4. The van der Waals surface area contributed by atoms with Gasteiger partial charge in [-0.1, -0.05) is 128 Å². The predicted molar refractivity (Wildman–Crippen MR) is 187 cm³/mol. The molecule has 0 spiro atoms. The summed E-state index contributed by atoms with van der Waals surface area (Å²) >= 11 is 3.19. The summed E-state index contributed by atoms with van der Waals surface area (Å²) in [5, 5.41) is 0. The van der Waals surface area contributed by atoms with Crippen LogP contribution in [0, 0.1) is 13.8 Å². The lowest BCUT2D eigenvalue weighted by molar-refractivity contribution is 0.0975. The molecule has 6 aromatic rings. The monoisotopic (exact) mass is 609 g/mol. The van der Waals surface area contributed by atoms with Crippen molar-refractivity contribution in [1.82, 2.24) is 0 Å². The fraction of sp³-hybridized carbons (Fsp3) is 0.100. The number of fused-ring (bicyclic) bond motifs is 1. The third kappa shape index (κ3) is 5.92. The Morgan fingerprint density at radius 2 is 1.27 bits per heavy atom. The molecule has 2 nitrogen and oxygen atoms in total. The van der Waals surface area contributed by atoms with Gasteiger partial charge in [0.1, 0.15) is 0 Å². The zero-order valence-electron chi connectivity index (χ0n) is 25.7. The molecular weight excluding hydrogens is 577 g/mol. The number of carbonyl (C=O) groups is 2. The van der Waals surface area contributed by atoms with Crippen LogP contribution in [-0.4, -0.2) is 11.6 Å². The molecule has 0 N–H and O–H groups in total. The Hall–Kier alpha value is -4.64. The summed E-state index contributed by atoms with van der Waals surface area (Å²) in [5.41, 5.74) is 8.54. The SMILES string of the molecule is C=C(C(=O)c1cc(-c2ccccc2)c(C)s1)c1ccccc1.Cc1sc2c(c1-c1ccccc1)CC(c1ccccc1)C2=O.[H+]. The van der Waals surface area contributed by atoms with Crippen LogP contribution in [0.15, 0.2) is 134 Å². The molecule has 1 aliphatic rings. The molecule has 4 heteroatoms. The molecule has 0 saturated carbocycles. The average molecular weight is 610 g/mol. The van der Waals surface area contributed by atoms with Gasteiger partial charge in [-0.05, 0) is 65.3 Å². The number of Topliss-reactive ketones (excluding diaryl/α,β-unsaturated/α-hetero) is 2. The summed E-state index contributed by atoms with van der Waals surface area (Å²) in [6, 6.07) is 42.3. The van der Waals surface area contributed by atoms with Gasteiger partial charge in [0, 0.05) is 15.3 Å². The van der Waals surface area contributed by atoms with Gasteiger partial charge in [-0.3, -0.25) is 9.59 Å². The van der Waals surface area contributed by atoms with Gasteiger partial charge in [-0.25, -0.2) is 0 Å². The van der Waals surface area contributed by atoms with Crippen molar-refractivity contribution in [2.75, 3.05) is 0 Å². The summed E-state index contributed by atoms with van der Waals surface area (Å²) in [6.45, 7) is 8.14. The molecule has 216 valence electrons. The molecule has 0 fully saturated rings. The Kier molecular flexibility index (Phi) is 8.65. The lowest BCUT2D eigenvalue weighted by Crippen LogP contribution is -2.06. The van der Waals surface area contributed by atoms with Crippen molar-refractivity contribution in [2.24, 2.45) is 0 Å². The van der Waals surface area contributed by atoms with Crippen LogP contribution >= 0.6 is 22.7 Å². The van der Waals surface area contributed by atoms with Crippen molar-refractivity contribution in [2.45, 2.75) is 26.2 Å². The first-order valence-electron chi connectivity index (χ1n) is 14.6. The molecule has 7 rings (SSSR count). The maximum atomic E-state index is 12.8. The fourth-order valence-corrected chi connectivity index (χ4v) is 8.00. The van der Waals surface area contributed by atoms with E-state index in [9.17, 15) is 9.59 Å². The lowest BCUT2D eigenvalue weighted by Gasteiger charge is -2.10. The normalized spacial score (nSPS) is 13.6. The van der Waals surface area contributed by atoms with Crippen LogP contribution in [0.5, 0.6) is 0 Å². The van der Waals surface area contributed by atoms with Gasteiger partial charge >= 0.3 is 1.43 Å². The number of aryl methyl sites for hydroxylation is 2. The van der Waals surface area contributed by atoms with Crippen molar-refractivity contribution >= 4 is 39.8 Å². The maximum absolute atomic E-state index is 12.8. The summed E-state index contributed by atoms with van der Waals surface area (Å²) < 4.78 is 0. The first-order chi connectivity index (χ1) is 21.4. The zero-order chi connectivity index (χ0) is 30.6. The maximum Gasteiger partial charge on any atom is 1.00 e. The molecule has 0 bridgehead atoms. The largest absolute Gasteiger partial charge is 1.00 e. The van der Waals surface area contributed by atoms with Crippen LogP contribution in [0.25, 0.3) is 27.8 Å². The van der Waals surface area contributed by atoms with Crippen molar-refractivity contribution in [3.8, 4) is 22.3 Å². The van der Waals surface area contributed by atoms with Gasteiger partial charge < -0.3 is 0 Å². The van der Waals surface area contributed by atoms with Crippen LogP contribution in [-0.2, 0) is 6.42 Å². The molecule has 1 unspecified atom stereocenters. The minimum Gasteiger partial charge on any atom is -0.293 e. The van der Waals surface area contributed by atoms with Crippen LogP contribution < -0.4 is 0 Å². The van der Waals surface area contributed by atoms with E-state index in [1.54, 1.807) is 11.3 Å². The minimum absolute atomic E-state index is 0. The molecule has 2 heterocycles. The highest BCUT2D eigenvalue weighted by Gasteiger charge is 2.36. The van der Waals surface area contributed by atoms with Gasteiger partial charge in [-0.2, -0.15) is 0 Å². The van der Waals surface area contributed by atoms with E-state index in [0.29, 0.717) is 5.57 Å². The van der Waals surface area contributed by atoms with E-state index in [0.717, 1.165) is 43.3 Å². The van der Waals surface area contributed by atoms with Gasteiger partial charge in [0.25, 0.3) is 0 Å². The minimum atomic E-state index is -0.00878. The van der Waals surface area contributed by atoms with Crippen LogP contribution in [0.1, 0.15) is 53.1 Å². The van der Waals surface area contributed by atoms with E-state index < -0.39 is 0 Å². The predicted octanol–water partition coefficient (Wildman–Crippen LogP) is 11.0. The van der Waals surface area contributed by atoms with E-state index in [-0.39, 0.29) is 18.9 Å². The third-order valence-corrected chi connectivity index (χ3v) is 10.2. The Labute approximate surface area is 268 Å². The summed E-state index contributed by atoms with van der Waals surface area (Å²) in [6.07, 6.45) is 0.826. The molecule has 0 radical (unpaired) electrons. The molecule has 1 aliphatic carbocycles. The van der Waals surface area contributed by atoms with E-state index in [1.807, 2.05) is 78.9 Å². The average Bonchev–Trinajstić information content (AvgIpc) is 3.73. The standard InChI is InChI=1S/2C20H16OS/c1-13-18(15-10-6-3-7-11-15)17-12-16(19(21)20(17)22-13)14-8-4-2-5-9-14;1-14(16-9-5-3-6-10-16)20(21)19-13-18(15(2)22-19)17-11-7-4-8-12-17/h2-11,16H,12H2,1H3;3-13H,1H2,2H3/p+1. The van der Waals surface area contributed by atoms with E-state index in [2.05, 4.69) is 69.0 Å². The van der Waals surface area contributed by atoms with Gasteiger partial charge in [-0.15, -0.1) is 22.7 Å². The Morgan fingerprint density at radius 3 is 1.89 bits per heavy atom. The Morgan fingerprint density at radius 1 is 0.727 bits per heavy atom. The van der Waals surface area contributed by atoms with Crippen LogP contribution in [0.2, 0.25) is 0 Å². The number of carbonyl (C=O) groups excluding carboxylic acids is 2. The summed E-state index contributed by atoms with van der Waals surface area (Å²) in [7, 11) is 0. The van der Waals surface area contributed by atoms with Crippen molar-refractivity contribution < 1.29 is 11.0 Å². The Balaban J connectivity index is 0.000000174. The van der Waals surface area contributed by atoms with Crippen LogP contribution in [0.4, 0.5) is 0 Å². The third-order valence-electron chi connectivity index (χ3n) is 8.02. The molecule has 4 aromatic carbocycles. The summed E-state index contributed by atoms with van der Waals surface area (Å²) in [5.74, 6) is 0.281. The lowest BCUT2D eigenvalue weighted by atomic mass is 9.94. The first-order valence-corrected chi connectivity index (χ1v) is 16.3. The first kappa shape index (κ1) is 29.4. The molecular formula is C40H33O2S2+. The van der Waals surface area contributed by atoms with Crippen LogP contribution in [0.3, 0.4) is 0 Å². The number of rotatable bonds is 6. The quantitative estimate of drug-likeness (QED) is 0.139. The molecule has 0 amide bonds. The van der Waals surface area contributed by atoms with Gasteiger partial charge in [0.2, 0.25) is 5.78 Å². The highest BCUT2D eigenvalue weighted by atomic mass is 32.1. The van der Waals surface area contributed by atoms with E-state index in [1.165, 1.54) is 32.9 Å². The fourth-order valence-electron chi connectivity index (χ4n) is 5.79. The second kappa shape index (κ2) is 12.9. The molecule has 1 atom stereocenters. The smallest absolute Gasteiger partial charge is 0.293 e. The van der Waals surface area contributed by atoms with Crippen molar-refractivity contribution in [3.05, 3.63) is 170 Å². The second-order valence-electron chi connectivity index (χ2n) is 10.9. The van der Waals surface area contributed by atoms with Gasteiger partial charge in [0.15, 0.2) is 5.78 Å². The zero-order valence-corrected chi connectivity index (χ0v) is 26.4. The molecule has 2 aromatic heterocycles. The molecule has 0 aliphatic heterocycles. The number of hydrogen-bond donors (Lipinski definition) is 0. The van der Waals surface area contributed by atoms with Crippen molar-refractivity contribution in [1.29, 1.82) is 0 Å². The van der Waals surface area contributed by atoms with Crippen molar-refractivity contribution in [3.63, 3.8) is 0 Å². The Bertz CT molecular complexity index is 1940. The number of hydrogen-bond acceptors (Lipinski definition) is 4. The molecule has 0 saturated heterocycles. The molecule has 44 heavy (non-hydrogen) atoms. The number of ketones is 2.